The Balaban J connectivity index is 3.21. The molecule has 0 saturated carbocycles. The molecule has 0 aromatic heterocycles. The van der Waals surface area contributed by atoms with Gasteiger partial charge in [-0.25, -0.2) is 0 Å². The summed E-state index contributed by atoms with van der Waals surface area (Å²) >= 11 is 0. The average molecular weight is 353 g/mol. The number of carbonyl (C=O) groups excluding carboxylic acids is 1. The maximum atomic E-state index is 12.8. The van der Waals surface area contributed by atoms with Gasteiger partial charge in [0.15, 0.2) is 8.32 Å². The van der Waals surface area contributed by atoms with E-state index >= 15 is 0 Å². The normalized spacial score (nSPS) is 15.3. The van der Waals surface area contributed by atoms with Gasteiger partial charge in [-0.15, -0.1) is 0 Å². The molecule has 0 aliphatic rings. The molecular formula is C18H32O3Si2. The lowest BCUT2D eigenvalue weighted by Gasteiger charge is -2.35. The van der Waals surface area contributed by atoms with E-state index in [0.29, 0.717) is 0 Å². The fourth-order valence-corrected chi connectivity index (χ4v) is 4.27. The highest BCUT2D eigenvalue weighted by molar-refractivity contribution is 6.71. The second kappa shape index (κ2) is 7.77. The maximum absolute atomic E-state index is 12.8. The van der Waals surface area contributed by atoms with Crippen LogP contribution in [0.4, 0.5) is 0 Å². The van der Waals surface area contributed by atoms with Crippen molar-refractivity contribution in [3.63, 3.8) is 0 Å². The van der Waals surface area contributed by atoms with Gasteiger partial charge in [0, 0.05) is 0 Å². The van der Waals surface area contributed by atoms with Gasteiger partial charge >= 0.3 is 0 Å². The number of rotatable bonds is 7. The molecule has 130 valence electrons. The summed E-state index contributed by atoms with van der Waals surface area (Å²) in [5.74, 6) is -0.248. The summed E-state index contributed by atoms with van der Waals surface area (Å²) in [5, 5.41) is 0. The highest BCUT2D eigenvalue weighted by Crippen LogP contribution is 2.35. The molecule has 5 heteroatoms. The molecule has 0 aliphatic heterocycles. The molecule has 0 spiro atoms. The summed E-state index contributed by atoms with van der Waals surface area (Å²) in [4.78, 5) is 12.8. The van der Waals surface area contributed by atoms with Crippen LogP contribution in [0.3, 0.4) is 0 Å². The minimum atomic E-state index is -1.93. The fourth-order valence-electron chi connectivity index (χ4n) is 2.49. The van der Waals surface area contributed by atoms with Crippen LogP contribution in [0.1, 0.15) is 25.5 Å². The second-order valence-corrected chi connectivity index (χ2v) is 17.3. The van der Waals surface area contributed by atoms with E-state index in [9.17, 15) is 4.79 Å². The van der Waals surface area contributed by atoms with Crippen molar-refractivity contribution in [3.8, 4) is 0 Å². The molecule has 0 N–H and O–H groups in total. The molecule has 0 aliphatic carbocycles. The van der Waals surface area contributed by atoms with Crippen molar-refractivity contribution in [1.82, 2.24) is 0 Å². The summed E-state index contributed by atoms with van der Waals surface area (Å²) in [5.41, 5.74) is 1.06. The van der Waals surface area contributed by atoms with E-state index in [0.717, 1.165) is 5.56 Å². The number of benzene rings is 1. The third-order valence-electron chi connectivity index (χ3n) is 3.33. The predicted molar refractivity (Wildman–Crippen MR) is 101 cm³/mol. The summed E-state index contributed by atoms with van der Waals surface area (Å²) in [6, 6.07) is 10.1. The van der Waals surface area contributed by atoms with Crippen molar-refractivity contribution in [2.45, 2.75) is 59.2 Å². The van der Waals surface area contributed by atoms with Crippen molar-refractivity contribution in [3.05, 3.63) is 35.9 Å². The minimum Gasteiger partial charge on any atom is -0.520 e. The lowest BCUT2D eigenvalue weighted by molar-refractivity contribution is -0.145. The largest absolute Gasteiger partial charge is 0.520 e. The highest BCUT2D eigenvalue weighted by Gasteiger charge is 2.38. The Morgan fingerprint density at radius 1 is 0.913 bits per heavy atom. The third kappa shape index (κ3) is 7.02. The molecule has 0 bridgehead atoms. The first-order valence-electron chi connectivity index (χ1n) is 8.36. The first kappa shape index (κ1) is 20.1. The Bertz CT molecular complexity index is 501. The molecule has 1 aromatic carbocycles. The first-order chi connectivity index (χ1) is 10.4. The van der Waals surface area contributed by atoms with Crippen molar-refractivity contribution in [2.75, 3.05) is 0 Å². The lowest BCUT2D eigenvalue weighted by atomic mass is 9.86. The third-order valence-corrected chi connectivity index (χ3v) is 5.11. The summed E-state index contributed by atoms with van der Waals surface area (Å²) in [6.45, 7) is 16.7. The monoisotopic (exact) mass is 352 g/mol. The van der Waals surface area contributed by atoms with Gasteiger partial charge < -0.3 is 8.85 Å². The van der Waals surface area contributed by atoms with Gasteiger partial charge in [-0.1, -0.05) is 44.2 Å². The van der Waals surface area contributed by atoms with Gasteiger partial charge in [0.25, 0.3) is 5.97 Å². The fraction of sp³-hybridized carbons (Fsp3) is 0.611. The molecule has 0 fully saturated rings. The zero-order chi connectivity index (χ0) is 17.8. The SMILES string of the molecule is CC(C)[C@@H](C(=O)O[Si](C)(C)C)[C@H](O[Si](C)(C)C)c1ccccc1. The molecule has 0 amide bonds. The standard InChI is InChI=1S/C18H32O3Si2/c1-14(2)16(18(19)21-23(6,7)8)17(20-22(3,4)5)15-12-10-9-11-13-15/h9-14,16-17H,1-8H3/t16-,17-/m1/s1. The van der Waals surface area contributed by atoms with Crippen molar-refractivity contribution in [1.29, 1.82) is 0 Å². The van der Waals surface area contributed by atoms with Crippen LogP contribution in [0, 0.1) is 11.8 Å². The summed E-state index contributed by atoms with van der Waals surface area (Å²) < 4.78 is 12.2. The second-order valence-electron chi connectivity index (χ2n) is 8.36. The van der Waals surface area contributed by atoms with Crippen molar-refractivity contribution in [2.24, 2.45) is 11.8 Å². The van der Waals surface area contributed by atoms with E-state index in [4.69, 9.17) is 8.85 Å². The minimum absolute atomic E-state index is 0.119. The van der Waals surface area contributed by atoms with Crippen LogP contribution in [0.25, 0.3) is 0 Å². The number of carbonyl (C=O) groups is 1. The smallest absolute Gasteiger partial charge is 0.298 e. The maximum Gasteiger partial charge on any atom is 0.298 e. The van der Waals surface area contributed by atoms with Gasteiger partial charge in [0.05, 0.1) is 12.0 Å². The molecule has 1 rings (SSSR count). The zero-order valence-electron chi connectivity index (χ0n) is 15.8. The van der Waals surface area contributed by atoms with E-state index in [1.54, 1.807) is 0 Å². The molecular weight excluding hydrogens is 320 g/mol. The molecule has 0 saturated heterocycles. The predicted octanol–water partition coefficient (Wildman–Crippen LogP) is 5.23. The molecule has 1 aromatic rings. The van der Waals surface area contributed by atoms with Crippen LogP contribution in [-0.4, -0.2) is 22.6 Å². The van der Waals surface area contributed by atoms with Crippen LogP contribution in [0.5, 0.6) is 0 Å². The zero-order valence-corrected chi connectivity index (χ0v) is 17.8. The first-order valence-corrected chi connectivity index (χ1v) is 15.2. The van der Waals surface area contributed by atoms with Gasteiger partial charge in [0.2, 0.25) is 8.32 Å². The Labute approximate surface area is 143 Å². The van der Waals surface area contributed by atoms with E-state index in [-0.39, 0.29) is 23.9 Å². The van der Waals surface area contributed by atoms with Gasteiger partial charge in [-0.05, 0) is 50.8 Å². The van der Waals surface area contributed by atoms with Crippen LogP contribution in [0.15, 0.2) is 30.3 Å². The van der Waals surface area contributed by atoms with Crippen LogP contribution in [0.2, 0.25) is 39.3 Å². The van der Waals surface area contributed by atoms with Crippen molar-refractivity contribution < 1.29 is 13.6 Å². The van der Waals surface area contributed by atoms with Crippen LogP contribution in [-0.2, 0) is 13.6 Å². The summed E-state index contributed by atoms with van der Waals surface area (Å²) in [6.07, 6.45) is -0.244. The quantitative estimate of drug-likeness (QED) is 0.630. The van der Waals surface area contributed by atoms with Gasteiger partial charge in [0.1, 0.15) is 0 Å². The number of hydrogen-bond acceptors (Lipinski definition) is 3. The van der Waals surface area contributed by atoms with E-state index in [2.05, 4.69) is 33.5 Å². The molecule has 23 heavy (non-hydrogen) atoms. The Morgan fingerprint density at radius 3 is 1.83 bits per heavy atom. The molecule has 0 radical (unpaired) electrons. The van der Waals surface area contributed by atoms with Gasteiger partial charge in [-0.2, -0.15) is 0 Å². The van der Waals surface area contributed by atoms with Gasteiger partial charge in [-0.3, -0.25) is 4.79 Å². The summed E-state index contributed by atoms with van der Waals surface area (Å²) in [7, 11) is -3.74. The average Bonchev–Trinajstić information content (AvgIpc) is 2.34. The topological polar surface area (TPSA) is 35.5 Å². The lowest BCUT2D eigenvalue weighted by Crippen LogP contribution is -2.40. The van der Waals surface area contributed by atoms with Crippen LogP contribution >= 0.6 is 0 Å². The van der Waals surface area contributed by atoms with E-state index < -0.39 is 16.6 Å². The molecule has 2 atom stereocenters. The Morgan fingerprint density at radius 2 is 1.43 bits per heavy atom. The molecule has 0 heterocycles. The molecule has 3 nitrogen and oxygen atoms in total. The highest BCUT2D eigenvalue weighted by atomic mass is 28.4. The molecule has 0 unspecified atom stereocenters. The van der Waals surface area contributed by atoms with Crippen LogP contribution < -0.4 is 0 Å². The van der Waals surface area contributed by atoms with E-state index in [1.807, 2.05) is 50.0 Å². The number of hydrogen-bond donors (Lipinski definition) is 0. The van der Waals surface area contributed by atoms with E-state index in [1.165, 1.54) is 0 Å². The van der Waals surface area contributed by atoms with Crippen molar-refractivity contribution >= 4 is 22.6 Å². The Kier molecular flexibility index (Phi) is 6.80. The Hall–Kier alpha value is -0.916.